The van der Waals surface area contributed by atoms with Crippen LogP contribution >= 0.6 is 11.8 Å². The van der Waals surface area contributed by atoms with Crippen LogP contribution in [0.5, 0.6) is 0 Å². The molecule has 2 unspecified atom stereocenters. The summed E-state index contributed by atoms with van der Waals surface area (Å²) < 4.78 is 11.7. The van der Waals surface area contributed by atoms with E-state index in [1.807, 2.05) is 18.7 Å². The molecule has 2 fully saturated rings. The Labute approximate surface area is 129 Å². The molecule has 114 valence electrons. The van der Waals surface area contributed by atoms with E-state index in [-0.39, 0.29) is 17.7 Å². The first-order valence-corrected chi connectivity index (χ1v) is 8.52. The van der Waals surface area contributed by atoms with Gasteiger partial charge in [0.05, 0.1) is 17.8 Å². The van der Waals surface area contributed by atoms with Crippen molar-refractivity contribution in [1.29, 1.82) is 0 Å². The second kappa shape index (κ2) is 5.89. The van der Waals surface area contributed by atoms with Crippen molar-refractivity contribution in [2.45, 2.75) is 37.9 Å². The summed E-state index contributed by atoms with van der Waals surface area (Å²) in [5, 5.41) is 0. The van der Waals surface area contributed by atoms with Crippen LogP contribution in [0, 0.1) is 6.92 Å². The van der Waals surface area contributed by atoms with Gasteiger partial charge in [-0.25, -0.2) is 4.79 Å². The van der Waals surface area contributed by atoms with Gasteiger partial charge in [-0.2, -0.15) is 11.8 Å². The van der Waals surface area contributed by atoms with E-state index < -0.39 is 0 Å². The lowest BCUT2D eigenvalue weighted by Gasteiger charge is -2.37. The normalized spacial score (nSPS) is 28.7. The fraction of sp³-hybridized carbons (Fsp3) is 0.562. The van der Waals surface area contributed by atoms with Crippen LogP contribution in [0.25, 0.3) is 0 Å². The first-order chi connectivity index (χ1) is 10.1. The third kappa shape index (κ3) is 3.19. The minimum atomic E-state index is -0.250. The van der Waals surface area contributed by atoms with Crippen LogP contribution < -0.4 is 5.73 Å². The summed E-state index contributed by atoms with van der Waals surface area (Å²) in [6.45, 7) is 2.56. The van der Waals surface area contributed by atoms with E-state index in [1.54, 1.807) is 18.2 Å². The number of ether oxygens (including phenoxy) is 2. The molecule has 0 saturated carbocycles. The van der Waals surface area contributed by atoms with Gasteiger partial charge in [-0.05, 0) is 42.9 Å². The molecule has 0 radical (unpaired) electrons. The second-order valence-electron chi connectivity index (χ2n) is 5.93. The summed E-state index contributed by atoms with van der Waals surface area (Å²) >= 11 is 1.92. The molecule has 2 saturated heterocycles. The number of nitrogen functional groups attached to an aromatic ring is 1. The van der Waals surface area contributed by atoms with Gasteiger partial charge in [0.15, 0.2) is 0 Å². The molecule has 0 aliphatic carbocycles. The minimum Gasteiger partial charge on any atom is -0.459 e. The monoisotopic (exact) mass is 307 g/mol. The zero-order valence-corrected chi connectivity index (χ0v) is 13.1. The number of esters is 1. The molecule has 1 aromatic carbocycles. The fourth-order valence-corrected chi connectivity index (χ4v) is 4.46. The Morgan fingerprint density at radius 1 is 1.52 bits per heavy atom. The van der Waals surface area contributed by atoms with Crippen molar-refractivity contribution in [2.24, 2.45) is 0 Å². The Kier molecular flexibility index (Phi) is 4.13. The van der Waals surface area contributed by atoms with Gasteiger partial charge in [0.2, 0.25) is 0 Å². The molecule has 3 rings (SSSR count). The topological polar surface area (TPSA) is 61.6 Å². The molecule has 2 aliphatic rings. The van der Waals surface area contributed by atoms with Crippen LogP contribution in [-0.4, -0.2) is 35.8 Å². The Bertz CT molecular complexity index is 540. The van der Waals surface area contributed by atoms with Gasteiger partial charge >= 0.3 is 5.97 Å². The summed E-state index contributed by atoms with van der Waals surface area (Å²) in [6.07, 6.45) is 2.63. The SMILES string of the molecule is Cc1cc(N)ccc1C(=O)OC1CCOC2(CCSC2)C1. The number of benzene rings is 1. The highest BCUT2D eigenvalue weighted by Crippen LogP contribution is 2.39. The molecule has 2 atom stereocenters. The molecule has 1 spiro atoms. The Morgan fingerprint density at radius 2 is 2.38 bits per heavy atom. The maximum Gasteiger partial charge on any atom is 0.338 e. The van der Waals surface area contributed by atoms with Gasteiger partial charge < -0.3 is 15.2 Å². The third-order valence-corrected chi connectivity index (χ3v) is 5.48. The third-order valence-electron chi connectivity index (χ3n) is 4.26. The van der Waals surface area contributed by atoms with Crippen molar-refractivity contribution in [2.75, 3.05) is 23.8 Å². The second-order valence-corrected chi connectivity index (χ2v) is 7.03. The van der Waals surface area contributed by atoms with E-state index in [0.717, 1.165) is 36.3 Å². The number of carbonyl (C=O) groups is 1. The Hall–Kier alpha value is -1.20. The zero-order chi connectivity index (χ0) is 14.9. The summed E-state index contributed by atoms with van der Waals surface area (Å²) in [7, 11) is 0. The highest BCUT2D eigenvalue weighted by atomic mass is 32.2. The lowest BCUT2D eigenvalue weighted by atomic mass is 9.91. The van der Waals surface area contributed by atoms with Crippen LogP contribution in [0.4, 0.5) is 5.69 Å². The van der Waals surface area contributed by atoms with Crippen molar-refractivity contribution in [3.8, 4) is 0 Å². The van der Waals surface area contributed by atoms with Gasteiger partial charge in [-0.3, -0.25) is 0 Å². The molecule has 0 bridgehead atoms. The number of rotatable bonds is 2. The van der Waals surface area contributed by atoms with Gasteiger partial charge in [-0.1, -0.05) is 0 Å². The average molecular weight is 307 g/mol. The van der Waals surface area contributed by atoms with E-state index in [4.69, 9.17) is 15.2 Å². The lowest BCUT2D eigenvalue weighted by molar-refractivity contribution is -0.106. The van der Waals surface area contributed by atoms with Crippen LogP contribution in [-0.2, 0) is 9.47 Å². The maximum absolute atomic E-state index is 12.3. The minimum absolute atomic E-state index is 0.0399. The highest BCUT2D eigenvalue weighted by Gasteiger charge is 2.41. The first-order valence-electron chi connectivity index (χ1n) is 7.37. The molecule has 4 nitrogen and oxygen atoms in total. The van der Waals surface area contributed by atoms with Gasteiger partial charge in [-0.15, -0.1) is 0 Å². The van der Waals surface area contributed by atoms with Crippen LogP contribution in [0.15, 0.2) is 18.2 Å². The predicted octanol–water partition coefficient (Wildman–Crippen LogP) is 2.79. The Balaban J connectivity index is 1.67. The fourth-order valence-electron chi connectivity index (χ4n) is 3.08. The largest absolute Gasteiger partial charge is 0.459 e. The number of anilines is 1. The smallest absolute Gasteiger partial charge is 0.338 e. The number of carbonyl (C=O) groups excluding carboxylic acids is 1. The van der Waals surface area contributed by atoms with Gasteiger partial charge in [0.25, 0.3) is 0 Å². The number of hydrogen-bond donors (Lipinski definition) is 1. The standard InChI is InChI=1S/C16H21NO3S/c1-11-8-12(17)2-3-14(11)15(18)20-13-4-6-19-16(9-13)5-7-21-10-16/h2-3,8,13H,4-7,9-10,17H2,1H3. The van der Waals surface area contributed by atoms with E-state index >= 15 is 0 Å². The number of aryl methyl sites for hydroxylation is 1. The van der Waals surface area contributed by atoms with Gasteiger partial charge in [0, 0.05) is 24.3 Å². The summed E-state index contributed by atoms with van der Waals surface area (Å²) in [5.74, 6) is 1.90. The first kappa shape index (κ1) is 14.7. The van der Waals surface area contributed by atoms with Crippen LogP contribution in [0.3, 0.4) is 0 Å². The lowest BCUT2D eigenvalue weighted by Crippen LogP contribution is -2.43. The molecule has 1 aromatic rings. The van der Waals surface area contributed by atoms with Crippen molar-refractivity contribution in [3.05, 3.63) is 29.3 Å². The van der Waals surface area contributed by atoms with Crippen molar-refractivity contribution in [1.82, 2.24) is 0 Å². The van der Waals surface area contributed by atoms with E-state index in [0.29, 0.717) is 17.9 Å². The van der Waals surface area contributed by atoms with Gasteiger partial charge in [0.1, 0.15) is 6.10 Å². The summed E-state index contributed by atoms with van der Waals surface area (Å²) in [4.78, 5) is 12.3. The molecule has 21 heavy (non-hydrogen) atoms. The highest BCUT2D eigenvalue weighted by molar-refractivity contribution is 7.99. The number of thioether (sulfide) groups is 1. The van der Waals surface area contributed by atoms with Crippen LogP contribution in [0.1, 0.15) is 35.2 Å². The molecule has 2 aliphatic heterocycles. The molecule has 2 N–H and O–H groups in total. The Morgan fingerprint density at radius 3 is 3.10 bits per heavy atom. The zero-order valence-electron chi connectivity index (χ0n) is 12.3. The van der Waals surface area contributed by atoms with Crippen molar-refractivity contribution >= 4 is 23.4 Å². The van der Waals surface area contributed by atoms with E-state index in [9.17, 15) is 4.79 Å². The molecular weight excluding hydrogens is 286 g/mol. The molecule has 0 aromatic heterocycles. The molecular formula is C16H21NO3S. The molecule has 0 amide bonds. The predicted molar refractivity (Wildman–Crippen MR) is 84.7 cm³/mol. The summed E-state index contributed by atoms with van der Waals surface area (Å²) in [6, 6.07) is 5.28. The van der Waals surface area contributed by atoms with Crippen LogP contribution in [0.2, 0.25) is 0 Å². The number of nitrogens with two attached hydrogens (primary N) is 1. The van der Waals surface area contributed by atoms with Crippen molar-refractivity contribution in [3.63, 3.8) is 0 Å². The maximum atomic E-state index is 12.3. The quantitative estimate of drug-likeness (QED) is 0.672. The number of hydrogen-bond acceptors (Lipinski definition) is 5. The molecule has 2 heterocycles. The van der Waals surface area contributed by atoms with Crippen molar-refractivity contribution < 1.29 is 14.3 Å². The average Bonchev–Trinajstić information content (AvgIpc) is 2.86. The molecule has 5 heteroatoms. The summed E-state index contributed by atoms with van der Waals surface area (Å²) in [5.41, 5.74) is 7.78. The van der Waals surface area contributed by atoms with E-state index in [2.05, 4.69) is 0 Å². The van der Waals surface area contributed by atoms with E-state index in [1.165, 1.54) is 0 Å².